The zero-order chi connectivity index (χ0) is 17.6. The molecule has 1 aromatic heterocycles. The fourth-order valence-electron chi connectivity index (χ4n) is 2.36. The van der Waals surface area contributed by atoms with Gasteiger partial charge in [0.05, 0.1) is 7.11 Å². The molecule has 2 aromatic carbocycles. The number of amides is 1. The Kier molecular flexibility index (Phi) is 4.89. The van der Waals surface area contributed by atoms with Crippen LogP contribution in [0.4, 0.5) is 5.69 Å². The molecular weight excluding hydrogens is 318 g/mol. The van der Waals surface area contributed by atoms with Crippen molar-refractivity contribution in [1.29, 1.82) is 0 Å². The Morgan fingerprint density at radius 1 is 1.12 bits per heavy atom. The van der Waals surface area contributed by atoms with Crippen LogP contribution in [-0.2, 0) is 6.42 Å². The minimum Gasteiger partial charge on any atom is -0.497 e. The molecule has 0 aliphatic rings. The molecule has 0 aliphatic heterocycles. The van der Waals surface area contributed by atoms with E-state index in [4.69, 9.17) is 4.74 Å². The molecular formula is C19H17N3O3. The van der Waals surface area contributed by atoms with E-state index in [-0.39, 0.29) is 11.3 Å². The van der Waals surface area contributed by atoms with E-state index >= 15 is 0 Å². The molecule has 0 unspecified atom stereocenters. The summed E-state index contributed by atoms with van der Waals surface area (Å²) in [5, 5.41) is 2.72. The van der Waals surface area contributed by atoms with Gasteiger partial charge in [-0.15, -0.1) is 0 Å². The van der Waals surface area contributed by atoms with E-state index in [2.05, 4.69) is 15.3 Å². The summed E-state index contributed by atoms with van der Waals surface area (Å²) in [7, 11) is 1.60. The lowest BCUT2D eigenvalue weighted by molar-refractivity contribution is 0.102. The van der Waals surface area contributed by atoms with Crippen LogP contribution in [0.15, 0.2) is 65.5 Å². The summed E-state index contributed by atoms with van der Waals surface area (Å²) >= 11 is 0. The van der Waals surface area contributed by atoms with Crippen LogP contribution in [0.2, 0.25) is 0 Å². The van der Waals surface area contributed by atoms with E-state index in [9.17, 15) is 9.59 Å². The number of nitrogens with zero attached hydrogens (tertiary/aromatic N) is 1. The van der Waals surface area contributed by atoms with Crippen LogP contribution in [0.1, 0.15) is 21.9 Å². The minimum atomic E-state index is -0.423. The first-order valence-corrected chi connectivity index (χ1v) is 7.73. The van der Waals surface area contributed by atoms with Crippen molar-refractivity contribution in [2.24, 2.45) is 0 Å². The summed E-state index contributed by atoms with van der Waals surface area (Å²) in [5.41, 5.74) is 1.31. The summed E-state index contributed by atoms with van der Waals surface area (Å²) in [4.78, 5) is 31.1. The lowest BCUT2D eigenvalue weighted by atomic mass is 10.1. The zero-order valence-electron chi connectivity index (χ0n) is 13.7. The Labute approximate surface area is 144 Å². The number of carbonyl (C=O) groups is 1. The fourth-order valence-corrected chi connectivity index (χ4v) is 2.36. The number of rotatable bonds is 5. The standard InChI is InChI=1S/C19H17N3O3/c1-25-15-9-7-13(8-10-15)11-17-21-16(12-18(23)22-17)19(24)20-14-5-3-2-4-6-14/h2-10,12H,11H2,1H3,(H,20,24)(H,21,22,23). The smallest absolute Gasteiger partial charge is 0.274 e. The Morgan fingerprint density at radius 2 is 1.84 bits per heavy atom. The number of H-pyrrole nitrogens is 1. The lowest BCUT2D eigenvalue weighted by Crippen LogP contribution is -2.20. The second kappa shape index (κ2) is 7.44. The van der Waals surface area contributed by atoms with Gasteiger partial charge in [0.25, 0.3) is 11.5 Å². The molecule has 0 bridgehead atoms. The largest absolute Gasteiger partial charge is 0.497 e. The molecule has 1 amide bonds. The second-order valence-electron chi connectivity index (χ2n) is 5.42. The summed E-state index contributed by atoms with van der Waals surface area (Å²) in [5.74, 6) is 0.755. The highest BCUT2D eigenvalue weighted by Crippen LogP contribution is 2.13. The average molecular weight is 335 g/mol. The van der Waals surface area contributed by atoms with E-state index < -0.39 is 5.91 Å². The van der Waals surface area contributed by atoms with Crippen molar-refractivity contribution >= 4 is 11.6 Å². The highest BCUT2D eigenvalue weighted by Gasteiger charge is 2.11. The number of benzene rings is 2. The van der Waals surface area contributed by atoms with E-state index in [1.165, 1.54) is 6.07 Å². The first kappa shape index (κ1) is 16.4. The molecule has 0 fully saturated rings. The zero-order valence-corrected chi connectivity index (χ0v) is 13.7. The highest BCUT2D eigenvalue weighted by molar-refractivity contribution is 6.02. The number of para-hydroxylation sites is 1. The molecule has 0 saturated carbocycles. The third-order valence-electron chi connectivity index (χ3n) is 3.59. The van der Waals surface area contributed by atoms with Crippen molar-refractivity contribution in [3.63, 3.8) is 0 Å². The van der Waals surface area contributed by atoms with Gasteiger partial charge < -0.3 is 15.0 Å². The number of methoxy groups -OCH3 is 1. The van der Waals surface area contributed by atoms with Crippen LogP contribution >= 0.6 is 0 Å². The minimum absolute atomic E-state index is 0.0797. The molecule has 25 heavy (non-hydrogen) atoms. The average Bonchev–Trinajstić information content (AvgIpc) is 2.63. The number of carbonyl (C=O) groups excluding carboxylic acids is 1. The van der Waals surface area contributed by atoms with Crippen LogP contribution in [0.5, 0.6) is 5.75 Å². The molecule has 6 nitrogen and oxygen atoms in total. The quantitative estimate of drug-likeness (QED) is 0.751. The van der Waals surface area contributed by atoms with E-state index in [0.29, 0.717) is 17.9 Å². The van der Waals surface area contributed by atoms with Crippen molar-refractivity contribution in [3.8, 4) is 5.75 Å². The predicted octanol–water partition coefficient (Wildman–Crippen LogP) is 2.62. The normalized spacial score (nSPS) is 10.3. The van der Waals surface area contributed by atoms with Crippen molar-refractivity contribution in [2.45, 2.75) is 6.42 Å². The molecule has 0 atom stereocenters. The Morgan fingerprint density at radius 3 is 2.52 bits per heavy atom. The molecule has 1 heterocycles. The van der Waals surface area contributed by atoms with Gasteiger partial charge in [-0.1, -0.05) is 30.3 Å². The van der Waals surface area contributed by atoms with Gasteiger partial charge in [-0.25, -0.2) is 4.98 Å². The molecule has 2 N–H and O–H groups in total. The molecule has 3 rings (SSSR count). The van der Waals surface area contributed by atoms with Gasteiger partial charge in [0.1, 0.15) is 17.3 Å². The lowest BCUT2D eigenvalue weighted by Gasteiger charge is -2.07. The SMILES string of the molecule is COc1ccc(Cc2nc(C(=O)Nc3ccccc3)cc(=O)[nH]2)cc1. The van der Waals surface area contributed by atoms with Gasteiger partial charge in [-0.2, -0.15) is 0 Å². The van der Waals surface area contributed by atoms with Gasteiger partial charge in [-0.3, -0.25) is 9.59 Å². The summed E-state index contributed by atoms with van der Waals surface area (Å²) < 4.78 is 5.12. The number of aromatic nitrogens is 2. The molecule has 0 saturated heterocycles. The maximum atomic E-state index is 12.3. The number of ether oxygens (including phenoxy) is 1. The monoisotopic (exact) mass is 335 g/mol. The van der Waals surface area contributed by atoms with Crippen molar-refractivity contribution < 1.29 is 9.53 Å². The van der Waals surface area contributed by atoms with Gasteiger partial charge in [0.15, 0.2) is 0 Å². The molecule has 3 aromatic rings. The van der Waals surface area contributed by atoms with E-state index in [0.717, 1.165) is 11.3 Å². The van der Waals surface area contributed by atoms with Crippen LogP contribution in [0, 0.1) is 0 Å². The highest BCUT2D eigenvalue weighted by atomic mass is 16.5. The number of hydrogen-bond acceptors (Lipinski definition) is 4. The van der Waals surface area contributed by atoms with E-state index in [1.54, 1.807) is 19.2 Å². The first-order valence-electron chi connectivity index (χ1n) is 7.73. The summed E-state index contributed by atoms with van der Waals surface area (Å²) in [6.45, 7) is 0. The number of nitrogens with one attached hydrogen (secondary N) is 2. The summed E-state index contributed by atoms with van der Waals surface area (Å²) in [6, 6.07) is 17.6. The summed E-state index contributed by atoms with van der Waals surface area (Å²) in [6.07, 6.45) is 0.408. The van der Waals surface area contributed by atoms with Gasteiger partial charge in [0.2, 0.25) is 0 Å². The van der Waals surface area contributed by atoms with Crippen molar-refractivity contribution in [2.75, 3.05) is 12.4 Å². The Bertz CT molecular complexity index is 919. The molecule has 6 heteroatoms. The third-order valence-corrected chi connectivity index (χ3v) is 3.59. The first-order chi connectivity index (χ1) is 12.1. The number of hydrogen-bond donors (Lipinski definition) is 2. The van der Waals surface area contributed by atoms with Crippen LogP contribution in [-0.4, -0.2) is 23.0 Å². The van der Waals surface area contributed by atoms with Crippen molar-refractivity contribution in [1.82, 2.24) is 9.97 Å². The number of aromatic amines is 1. The number of anilines is 1. The Balaban J connectivity index is 1.79. The third kappa shape index (κ3) is 4.32. The molecule has 0 radical (unpaired) electrons. The van der Waals surface area contributed by atoms with Gasteiger partial charge in [-0.05, 0) is 29.8 Å². The molecule has 0 aliphatic carbocycles. The van der Waals surface area contributed by atoms with Gasteiger partial charge >= 0.3 is 0 Å². The maximum Gasteiger partial charge on any atom is 0.274 e. The topological polar surface area (TPSA) is 84.1 Å². The van der Waals surface area contributed by atoms with Gasteiger partial charge in [0, 0.05) is 18.2 Å². The van der Waals surface area contributed by atoms with Crippen LogP contribution < -0.4 is 15.6 Å². The maximum absolute atomic E-state index is 12.3. The Hall–Kier alpha value is -3.41. The molecule has 126 valence electrons. The van der Waals surface area contributed by atoms with Crippen molar-refractivity contribution in [3.05, 3.63) is 88.1 Å². The van der Waals surface area contributed by atoms with E-state index in [1.807, 2.05) is 42.5 Å². The van der Waals surface area contributed by atoms with Crippen LogP contribution in [0.25, 0.3) is 0 Å². The fraction of sp³-hybridized carbons (Fsp3) is 0.105. The predicted molar refractivity (Wildman–Crippen MR) is 95.1 cm³/mol. The van der Waals surface area contributed by atoms with Crippen LogP contribution in [0.3, 0.4) is 0 Å². The second-order valence-corrected chi connectivity index (χ2v) is 5.42. The molecule has 0 spiro atoms.